The summed E-state index contributed by atoms with van der Waals surface area (Å²) in [5, 5.41) is 0. The van der Waals surface area contributed by atoms with Crippen molar-refractivity contribution in [3.05, 3.63) is 134 Å². The number of hydrogen-bond donors (Lipinski definition) is 0. The first kappa shape index (κ1) is 57.5. The van der Waals surface area contributed by atoms with Gasteiger partial charge in [0.1, 0.15) is 13.2 Å². The summed E-state index contributed by atoms with van der Waals surface area (Å²) in [6.45, 7) is 6.24. The molecule has 0 rings (SSSR count). The van der Waals surface area contributed by atoms with E-state index in [1.54, 1.807) is 0 Å². The van der Waals surface area contributed by atoms with Crippen LogP contribution in [-0.4, -0.2) is 37.2 Å². The van der Waals surface area contributed by atoms with Crippen molar-refractivity contribution in [1.82, 2.24) is 0 Å². The molecule has 0 aliphatic rings. The second-order valence-corrected chi connectivity index (χ2v) is 15.4. The van der Waals surface area contributed by atoms with Gasteiger partial charge >= 0.3 is 17.9 Å². The van der Waals surface area contributed by atoms with Gasteiger partial charge < -0.3 is 14.2 Å². The number of carbonyl (C=O) groups is 3. The van der Waals surface area contributed by atoms with Crippen LogP contribution in [0.1, 0.15) is 181 Å². The number of hydrogen-bond acceptors (Lipinski definition) is 6. The molecule has 0 spiro atoms. The topological polar surface area (TPSA) is 78.9 Å². The number of esters is 3. The van der Waals surface area contributed by atoms with Crippen LogP contribution in [0.25, 0.3) is 0 Å². The maximum absolute atomic E-state index is 12.8. The summed E-state index contributed by atoms with van der Waals surface area (Å²) in [4.78, 5) is 37.9. The van der Waals surface area contributed by atoms with Crippen molar-refractivity contribution in [2.75, 3.05) is 13.2 Å². The van der Waals surface area contributed by atoms with Crippen LogP contribution < -0.4 is 0 Å². The molecular weight excluding hydrogens is 769 g/mol. The summed E-state index contributed by atoms with van der Waals surface area (Å²) in [5.74, 6) is -1.00. The van der Waals surface area contributed by atoms with Crippen LogP contribution in [0.2, 0.25) is 0 Å². The van der Waals surface area contributed by atoms with E-state index in [4.69, 9.17) is 14.2 Å². The Balaban J connectivity index is 4.55. The molecule has 0 aliphatic heterocycles. The molecule has 0 heterocycles. The first-order valence-electron chi connectivity index (χ1n) is 24.3. The van der Waals surface area contributed by atoms with E-state index >= 15 is 0 Å². The van der Waals surface area contributed by atoms with Crippen molar-refractivity contribution in [1.29, 1.82) is 0 Å². The molecule has 1 atom stereocenters. The van der Waals surface area contributed by atoms with Crippen LogP contribution in [0.15, 0.2) is 134 Å². The van der Waals surface area contributed by atoms with Gasteiger partial charge in [-0.05, 0) is 89.9 Å². The highest BCUT2D eigenvalue weighted by Crippen LogP contribution is 2.12. The summed E-state index contributed by atoms with van der Waals surface area (Å²) in [7, 11) is 0. The molecule has 0 saturated carbocycles. The standard InChI is InChI=1S/C56H86O6/c1-4-7-10-13-16-19-22-24-26-27-28-29-30-32-34-37-40-43-46-49-55(58)61-52-53(51-60-54(57)48-45-42-39-36-33-21-18-15-12-9-6-3)62-56(59)50-47-44-41-38-35-31-25-23-20-17-14-11-8-5-2/h7-8,10-11,13,15-20,22,24-32,34,53H,4-6,9,12,14,21,23,33,35-52H2,1-3H3/b10-7-,11-8-,16-13-,18-15-,20-17-,22-19-,26-24-,28-27+,30-29-,31-25-,34-32-. The summed E-state index contributed by atoms with van der Waals surface area (Å²) < 4.78 is 16.7. The summed E-state index contributed by atoms with van der Waals surface area (Å²) >= 11 is 0. The molecule has 346 valence electrons. The summed E-state index contributed by atoms with van der Waals surface area (Å²) in [6, 6.07) is 0. The van der Waals surface area contributed by atoms with E-state index in [1.165, 1.54) is 25.7 Å². The van der Waals surface area contributed by atoms with Gasteiger partial charge in [0.05, 0.1) is 0 Å². The molecule has 0 radical (unpaired) electrons. The Morgan fingerprint density at radius 1 is 0.355 bits per heavy atom. The largest absolute Gasteiger partial charge is 0.462 e. The van der Waals surface area contributed by atoms with E-state index in [0.717, 1.165) is 116 Å². The molecule has 0 aromatic rings. The fourth-order valence-electron chi connectivity index (χ4n) is 5.95. The molecule has 0 bridgehead atoms. The fourth-order valence-corrected chi connectivity index (χ4v) is 5.95. The normalized spacial score (nSPS) is 13.3. The van der Waals surface area contributed by atoms with Gasteiger partial charge in [0.25, 0.3) is 0 Å². The van der Waals surface area contributed by atoms with E-state index in [0.29, 0.717) is 12.8 Å². The molecule has 0 N–H and O–H groups in total. The average molecular weight is 855 g/mol. The van der Waals surface area contributed by atoms with E-state index in [2.05, 4.69) is 81.5 Å². The van der Waals surface area contributed by atoms with Crippen LogP contribution in [0.3, 0.4) is 0 Å². The Morgan fingerprint density at radius 2 is 0.710 bits per heavy atom. The van der Waals surface area contributed by atoms with Gasteiger partial charge in [0, 0.05) is 19.3 Å². The van der Waals surface area contributed by atoms with Gasteiger partial charge in [-0.3, -0.25) is 14.4 Å². The van der Waals surface area contributed by atoms with Crippen molar-refractivity contribution in [3.8, 4) is 0 Å². The first-order chi connectivity index (χ1) is 30.5. The van der Waals surface area contributed by atoms with Gasteiger partial charge in [0.2, 0.25) is 0 Å². The quantitative estimate of drug-likeness (QED) is 0.0200. The van der Waals surface area contributed by atoms with Crippen LogP contribution in [0.5, 0.6) is 0 Å². The van der Waals surface area contributed by atoms with E-state index in [-0.39, 0.29) is 37.5 Å². The Morgan fingerprint density at radius 3 is 1.21 bits per heavy atom. The lowest BCUT2D eigenvalue weighted by Crippen LogP contribution is -2.30. The third kappa shape index (κ3) is 46.6. The number of ether oxygens (including phenoxy) is 3. The molecule has 0 amide bonds. The van der Waals surface area contributed by atoms with Crippen LogP contribution >= 0.6 is 0 Å². The van der Waals surface area contributed by atoms with Gasteiger partial charge in [-0.1, -0.05) is 206 Å². The Kier molecular flexibility index (Phi) is 45.7. The average Bonchev–Trinajstić information content (AvgIpc) is 3.27. The second-order valence-electron chi connectivity index (χ2n) is 15.4. The molecule has 6 nitrogen and oxygen atoms in total. The van der Waals surface area contributed by atoms with E-state index in [9.17, 15) is 14.4 Å². The number of unbranched alkanes of at least 4 members (excludes halogenated alkanes) is 14. The van der Waals surface area contributed by atoms with Crippen LogP contribution in [0.4, 0.5) is 0 Å². The van der Waals surface area contributed by atoms with Crippen molar-refractivity contribution < 1.29 is 28.6 Å². The fraction of sp³-hybridized carbons (Fsp3) is 0.554. The van der Waals surface area contributed by atoms with Crippen molar-refractivity contribution in [2.24, 2.45) is 0 Å². The molecule has 0 saturated heterocycles. The van der Waals surface area contributed by atoms with Crippen molar-refractivity contribution in [3.63, 3.8) is 0 Å². The third-order valence-corrected chi connectivity index (χ3v) is 9.56. The predicted octanol–water partition coefficient (Wildman–Crippen LogP) is 15.9. The highest BCUT2D eigenvalue weighted by molar-refractivity contribution is 5.71. The highest BCUT2D eigenvalue weighted by Gasteiger charge is 2.19. The van der Waals surface area contributed by atoms with Gasteiger partial charge in [-0.2, -0.15) is 0 Å². The molecule has 0 aromatic heterocycles. The first-order valence-corrected chi connectivity index (χ1v) is 24.3. The second kappa shape index (κ2) is 49.2. The SMILES string of the molecule is CC\C=C/C=C\C=C/C=C\C=C\C=C/C=C\CCCCCC(=O)OCC(COC(=O)CCCCCCC/C=C\CCCC)OC(=O)CCCCCC/C=C\C/C=C\C/C=C\CC. The van der Waals surface area contributed by atoms with Crippen LogP contribution in [0, 0.1) is 0 Å². The number of allylic oxidation sites excluding steroid dienone is 22. The minimum atomic E-state index is -0.816. The molecule has 6 heteroatoms. The lowest BCUT2D eigenvalue weighted by Gasteiger charge is -2.18. The zero-order valence-electron chi connectivity index (χ0n) is 39.3. The maximum atomic E-state index is 12.8. The van der Waals surface area contributed by atoms with Crippen LogP contribution in [-0.2, 0) is 28.6 Å². The molecule has 0 aromatic carbocycles. The van der Waals surface area contributed by atoms with Crippen molar-refractivity contribution >= 4 is 17.9 Å². The van der Waals surface area contributed by atoms with E-state index < -0.39 is 6.10 Å². The maximum Gasteiger partial charge on any atom is 0.306 e. The van der Waals surface area contributed by atoms with Gasteiger partial charge in [0.15, 0.2) is 6.10 Å². The lowest BCUT2D eigenvalue weighted by molar-refractivity contribution is -0.167. The molecule has 1 unspecified atom stereocenters. The zero-order chi connectivity index (χ0) is 45.1. The van der Waals surface area contributed by atoms with Gasteiger partial charge in [-0.25, -0.2) is 0 Å². The summed E-state index contributed by atoms with van der Waals surface area (Å²) in [6.07, 6.45) is 68.5. The molecular formula is C56H86O6. The highest BCUT2D eigenvalue weighted by atomic mass is 16.6. The Bertz CT molecular complexity index is 1400. The molecule has 0 aliphatic carbocycles. The number of rotatable bonds is 41. The predicted molar refractivity (Wildman–Crippen MR) is 265 cm³/mol. The summed E-state index contributed by atoms with van der Waals surface area (Å²) in [5.41, 5.74) is 0. The Hall–Kier alpha value is -4.45. The monoisotopic (exact) mass is 855 g/mol. The van der Waals surface area contributed by atoms with Gasteiger partial charge in [-0.15, -0.1) is 0 Å². The lowest BCUT2D eigenvalue weighted by atomic mass is 10.1. The molecule has 62 heavy (non-hydrogen) atoms. The van der Waals surface area contributed by atoms with E-state index in [1.807, 2.05) is 72.9 Å². The Labute approximate surface area is 379 Å². The minimum absolute atomic E-state index is 0.112. The number of carbonyl (C=O) groups excluding carboxylic acids is 3. The third-order valence-electron chi connectivity index (χ3n) is 9.56. The molecule has 0 fully saturated rings. The smallest absolute Gasteiger partial charge is 0.306 e. The minimum Gasteiger partial charge on any atom is -0.462 e. The zero-order valence-corrected chi connectivity index (χ0v) is 39.3. The van der Waals surface area contributed by atoms with Crippen molar-refractivity contribution in [2.45, 2.75) is 187 Å².